The molecule has 1 aliphatic heterocycles. The molecule has 26 heavy (non-hydrogen) atoms. The van der Waals surface area contributed by atoms with Gasteiger partial charge in [-0.3, -0.25) is 18.7 Å². The summed E-state index contributed by atoms with van der Waals surface area (Å²) in [7, 11) is 3.07. The van der Waals surface area contributed by atoms with E-state index in [1.165, 1.54) is 36.3 Å². The molecule has 142 valence electrons. The second-order valence-electron chi connectivity index (χ2n) is 7.54. The Morgan fingerprint density at radius 1 is 1.27 bits per heavy atom. The van der Waals surface area contributed by atoms with Crippen LogP contribution in [0.3, 0.4) is 0 Å². The van der Waals surface area contributed by atoms with Crippen LogP contribution in [-0.2, 0) is 25.4 Å². The number of likely N-dealkylation sites (tertiary alicyclic amines) is 1. The molecule has 0 aromatic carbocycles. The minimum Gasteiger partial charge on any atom is -0.326 e. The number of hydrogen-bond acceptors (Lipinski definition) is 4. The first-order valence-corrected chi connectivity index (χ1v) is 9.25. The molecule has 8 nitrogen and oxygen atoms in total. The number of rotatable bonds is 4. The van der Waals surface area contributed by atoms with Crippen molar-refractivity contribution in [1.29, 1.82) is 0 Å². The average Bonchev–Trinajstić information content (AvgIpc) is 2.98. The number of quaternary nitrogens is 1. The van der Waals surface area contributed by atoms with E-state index in [2.05, 4.69) is 11.9 Å². The van der Waals surface area contributed by atoms with E-state index in [-0.39, 0.29) is 5.78 Å². The lowest BCUT2D eigenvalue weighted by Crippen LogP contribution is -3.15. The fourth-order valence-corrected chi connectivity index (χ4v) is 3.90. The van der Waals surface area contributed by atoms with E-state index in [0.29, 0.717) is 29.6 Å². The quantitative estimate of drug-likeness (QED) is 0.798. The molecule has 0 radical (unpaired) electrons. The van der Waals surface area contributed by atoms with E-state index >= 15 is 0 Å². The molecule has 3 heterocycles. The summed E-state index contributed by atoms with van der Waals surface area (Å²) in [5.41, 5.74) is -0.133. The van der Waals surface area contributed by atoms with Gasteiger partial charge in [-0.15, -0.1) is 0 Å². The number of piperidine rings is 1. The van der Waals surface area contributed by atoms with Crippen LogP contribution in [0.2, 0.25) is 0 Å². The standard InChI is InChI=1S/C18H27N5O3/c1-11-8-6-7-9-22(11)10-14-19-16-15(23(14)12(2)13(3)24)17(25)21(5)18(26)20(16)4/h11-12H,6-10H2,1-5H3/p+1/t11-,12-/m0/s1. The highest BCUT2D eigenvalue weighted by atomic mass is 16.2. The van der Waals surface area contributed by atoms with Crippen LogP contribution < -0.4 is 16.1 Å². The van der Waals surface area contributed by atoms with E-state index in [1.54, 1.807) is 18.5 Å². The van der Waals surface area contributed by atoms with Crippen LogP contribution in [0.1, 0.15) is 51.9 Å². The zero-order valence-electron chi connectivity index (χ0n) is 16.2. The first kappa shape index (κ1) is 18.6. The lowest BCUT2D eigenvalue weighted by Gasteiger charge is -2.30. The predicted octanol–water partition coefficient (Wildman–Crippen LogP) is -0.459. The van der Waals surface area contributed by atoms with E-state index in [1.807, 2.05) is 0 Å². The number of ketones is 1. The summed E-state index contributed by atoms with van der Waals surface area (Å²) in [5, 5.41) is 0. The summed E-state index contributed by atoms with van der Waals surface area (Å²) in [6.45, 7) is 7.22. The molecule has 2 aromatic heterocycles. The SMILES string of the molecule is CC(=O)[C@H](C)n1c(C[NH+]2CCCC[C@@H]2C)nc2c1c(=O)n(C)c(=O)n2C. The zero-order chi connectivity index (χ0) is 19.2. The summed E-state index contributed by atoms with van der Waals surface area (Å²) in [6.07, 6.45) is 3.57. The molecule has 3 rings (SSSR count). The lowest BCUT2D eigenvalue weighted by atomic mass is 10.0. The molecule has 1 unspecified atom stereocenters. The molecular weight excluding hydrogens is 334 g/mol. The van der Waals surface area contributed by atoms with Crippen molar-refractivity contribution in [3.05, 3.63) is 26.7 Å². The Hall–Kier alpha value is -2.22. The number of hydrogen-bond donors (Lipinski definition) is 1. The molecule has 0 saturated carbocycles. The summed E-state index contributed by atoms with van der Waals surface area (Å²) >= 11 is 0. The van der Waals surface area contributed by atoms with Crippen LogP contribution in [-0.4, -0.2) is 37.1 Å². The highest BCUT2D eigenvalue weighted by Gasteiger charge is 2.29. The van der Waals surface area contributed by atoms with Crippen LogP contribution in [0.25, 0.3) is 11.2 Å². The molecule has 0 bridgehead atoms. The minimum atomic E-state index is -0.500. The highest BCUT2D eigenvalue weighted by molar-refractivity contribution is 5.82. The van der Waals surface area contributed by atoms with Crippen molar-refractivity contribution in [2.24, 2.45) is 14.1 Å². The Morgan fingerprint density at radius 2 is 1.96 bits per heavy atom. The molecule has 1 fully saturated rings. The highest BCUT2D eigenvalue weighted by Crippen LogP contribution is 2.18. The Balaban J connectivity index is 2.25. The van der Waals surface area contributed by atoms with Gasteiger partial charge in [0.2, 0.25) is 0 Å². The van der Waals surface area contributed by atoms with Crippen LogP contribution in [0.15, 0.2) is 9.59 Å². The number of nitrogens with one attached hydrogen (secondary N) is 1. The number of imidazole rings is 1. The molecule has 1 saturated heterocycles. The van der Waals surface area contributed by atoms with Gasteiger partial charge in [-0.05, 0) is 40.0 Å². The molecule has 0 spiro atoms. The third kappa shape index (κ3) is 2.92. The van der Waals surface area contributed by atoms with Crippen LogP contribution >= 0.6 is 0 Å². The lowest BCUT2D eigenvalue weighted by molar-refractivity contribution is -0.942. The van der Waals surface area contributed by atoms with Gasteiger partial charge in [-0.25, -0.2) is 9.78 Å². The average molecular weight is 362 g/mol. The maximum Gasteiger partial charge on any atom is 0.332 e. The monoisotopic (exact) mass is 362 g/mol. The van der Waals surface area contributed by atoms with Gasteiger partial charge in [0.25, 0.3) is 5.56 Å². The fourth-order valence-electron chi connectivity index (χ4n) is 3.90. The number of fused-ring (bicyclic) bond motifs is 1. The molecule has 0 amide bonds. The van der Waals surface area contributed by atoms with Crippen LogP contribution in [0, 0.1) is 0 Å². The number of carbonyl (C=O) groups is 1. The van der Waals surface area contributed by atoms with E-state index in [4.69, 9.17) is 0 Å². The Bertz CT molecular complexity index is 968. The van der Waals surface area contributed by atoms with Crippen molar-refractivity contribution in [2.45, 2.75) is 58.7 Å². The molecular formula is C18H28N5O3+. The topological polar surface area (TPSA) is 83.3 Å². The van der Waals surface area contributed by atoms with Gasteiger partial charge in [0, 0.05) is 14.1 Å². The smallest absolute Gasteiger partial charge is 0.326 e. The number of aromatic nitrogens is 4. The van der Waals surface area contributed by atoms with Crippen molar-refractivity contribution in [3.63, 3.8) is 0 Å². The second kappa shape index (κ2) is 6.83. The number of nitrogens with zero attached hydrogens (tertiary/aromatic N) is 4. The van der Waals surface area contributed by atoms with E-state index in [9.17, 15) is 14.4 Å². The summed E-state index contributed by atoms with van der Waals surface area (Å²) < 4.78 is 4.21. The second-order valence-corrected chi connectivity index (χ2v) is 7.54. The summed E-state index contributed by atoms with van der Waals surface area (Å²) in [4.78, 5) is 43.2. The van der Waals surface area contributed by atoms with Gasteiger partial charge >= 0.3 is 5.69 Å². The Labute approximate surface area is 152 Å². The normalized spacial score (nSPS) is 21.9. The Kier molecular flexibility index (Phi) is 4.88. The number of aryl methyl sites for hydroxylation is 1. The van der Waals surface area contributed by atoms with Crippen LogP contribution in [0.5, 0.6) is 0 Å². The molecule has 8 heteroatoms. The largest absolute Gasteiger partial charge is 0.332 e. The van der Waals surface area contributed by atoms with Gasteiger partial charge in [-0.1, -0.05) is 0 Å². The molecule has 3 atom stereocenters. The predicted molar refractivity (Wildman–Crippen MR) is 98.5 cm³/mol. The molecule has 0 aliphatic carbocycles. The van der Waals surface area contributed by atoms with Gasteiger partial charge < -0.3 is 9.47 Å². The van der Waals surface area contributed by atoms with Crippen molar-refractivity contribution in [2.75, 3.05) is 6.54 Å². The summed E-state index contributed by atoms with van der Waals surface area (Å²) in [6, 6.07) is 0.0102. The maximum atomic E-state index is 12.8. The summed E-state index contributed by atoms with van der Waals surface area (Å²) in [5.74, 6) is 0.660. The molecule has 1 aliphatic rings. The molecule has 1 N–H and O–H groups in total. The van der Waals surface area contributed by atoms with Gasteiger partial charge in [-0.2, -0.15) is 0 Å². The van der Waals surface area contributed by atoms with E-state index in [0.717, 1.165) is 17.5 Å². The minimum absolute atomic E-state index is 0.0388. The zero-order valence-corrected chi connectivity index (χ0v) is 16.2. The van der Waals surface area contributed by atoms with Crippen molar-refractivity contribution >= 4 is 16.9 Å². The first-order chi connectivity index (χ1) is 12.2. The van der Waals surface area contributed by atoms with Gasteiger partial charge in [0.05, 0.1) is 18.6 Å². The van der Waals surface area contributed by atoms with Gasteiger partial charge in [0.1, 0.15) is 6.54 Å². The first-order valence-electron chi connectivity index (χ1n) is 9.25. The van der Waals surface area contributed by atoms with Crippen molar-refractivity contribution in [3.8, 4) is 0 Å². The fraction of sp³-hybridized carbons (Fsp3) is 0.667. The third-order valence-corrected chi connectivity index (χ3v) is 5.81. The van der Waals surface area contributed by atoms with Crippen LogP contribution in [0.4, 0.5) is 0 Å². The number of carbonyl (C=O) groups excluding carboxylic acids is 1. The van der Waals surface area contributed by atoms with Crippen molar-refractivity contribution in [1.82, 2.24) is 18.7 Å². The molecule has 2 aromatic rings. The van der Waals surface area contributed by atoms with Crippen molar-refractivity contribution < 1.29 is 9.69 Å². The number of Topliss-reactive ketones (excluding diaryl/α,β-unsaturated/α-hetero) is 1. The van der Waals surface area contributed by atoms with Gasteiger partial charge in [0.15, 0.2) is 22.8 Å². The van der Waals surface area contributed by atoms with E-state index < -0.39 is 17.3 Å². The third-order valence-electron chi connectivity index (χ3n) is 5.81. The Morgan fingerprint density at radius 3 is 2.58 bits per heavy atom. The maximum absolute atomic E-state index is 12.8.